The number of rotatable bonds is 5. The molecule has 0 bridgehead atoms. The van der Waals surface area contributed by atoms with E-state index >= 15 is 0 Å². The van der Waals surface area contributed by atoms with Crippen LogP contribution in [0.5, 0.6) is 0 Å². The minimum Gasteiger partial charge on any atom is -0.342 e. The predicted molar refractivity (Wildman–Crippen MR) is 118 cm³/mol. The molecule has 156 valence electrons. The average molecular weight is 439 g/mol. The van der Waals surface area contributed by atoms with Gasteiger partial charge in [-0.2, -0.15) is 0 Å². The number of hydrogen-bond acceptors (Lipinski definition) is 3. The molecule has 1 aromatic heterocycles. The number of anilines is 1. The summed E-state index contributed by atoms with van der Waals surface area (Å²) in [6.45, 7) is 0. The third-order valence-corrected chi connectivity index (χ3v) is 5.30. The van der Waals surface area contributed by atoms with Gasteiger partial charge in [0.15, 0.2) is 0 Å². The molecule has 5 nitrogen and oxygen atoms in total. The van der Waals surface area contributed by atoms with Crippen LogP contribution < -0.4 is 11.1 Å². The fourth-order valence-electron chi connectivity index (χ4n) is 3.82. The summed E-state index contributed by atoms with van der Waals surface area (Å²) in [6.07, 6.45) is 3.98. The second kappa shape index (κ2) is 10.1. The standard InChI is InChI=1S/C21H23FN4O.2ClH/c22-16-6-2-1-4-13(16)10-20-25-18-9-8-15(12-19(18)26-20)24-21(27)11-14-5-3-7-17(14)23;;/h1-2,4,6,8-9,12,14,17H,3,5,7,10-11,23H2,(H,24,27)(H,25,26);2*1H/t14-,17+;;/m0../s1. The Morgan fingerprint density at radius 2 is 2.00 bits per heavy atom. The van der Waals surface area contributed by atoms with Crippen molar-refractivity contribution in [2.45, 2.75) is 38.1 Å². The summed E-state index contributed by atoms with van der Waals surface area (Å²) < 4.78 is 13.8. The topological polar surface area (TPSA) is 83.8 Å². The Morgan fingerprint density at radius 1 is 1.21 bits per heavy atom. The number of aromatic nitrogens is 2. The lowest BCUT2D eigenvalue weighted by atomic mass is 10.00. The van der Waals surface area contributed by atoms with Crippen LogP contribution >= 0.6 is 24.8 Å². The Labute approximate surface area is 181 Å². The lowest BCUT2D eigenvalue weighted by molar-refractivity contribution is -0.117. The van der Waals surface area contributed by atoms with Gasteiger partial charge >= 0.3 is 0 Å². The van der Waals surface area contributed by atoms with Gasteiger partial charge in [-0.3, -0.25) is 4.79 Å². The van der Waals surface area contributed by atoms with Crippen molar-refractivity contribution in [2.24, 2.45) is 11.7 Å². The second-order valence-corrected chi connectivity index (χ2v) is 7.29. The second-order valence-electron chi connectivity index (χ2n) is 7.29. The number of carbonyl (C=O) groups is 1. The largest absolute Gasteiger partial charge is 0.342 e. The molecular weight excluding hydrogens is 414 g/mol. The Hall–Kier alpha value is -2.15. The first-order valence-electron chi connectivity index (χ1n) is 9.36. The number of carbonyl (C=O) groups excluding carboxylic acids is 1. The molecular formula is C21H25Cl2FN4O. The van der Waals surface area contributed by atoms with Crippen molar-refractivity contribution in [3.05, 3.63) is 59.7 Å². The van der Waals surface area contributed by atoms with Crippen LogP contribution in [0.2, 0.25) is 0 Å². The van der Waals surface area contributed by atoms with E-state index in [1.807, 2.05) is 24.3 Å². The molecule has 29 heavy (non-hydrogen) atoms. The summed E-state index contributed by atoms with van der Waals surface area (Å²) in [5, 5.41) is 2.95. The summed E-state index contributed by atoms with van der Waals surface area (Å²) in [4.78, 5) is 20.0. The first-order chi connectivity index (χ1) is 13.1. The zero-order valence-corrected chi connectivity index (χ0v) is 17.5. The molecule has 0 saturated heterocycles. The number of nitrogens with zero attached hydrogens (tertiary/aromatic N) is 1. The highest BCUT2D eigenvalue weighted by Crippen LogP contribution is 2.27. The minimum atomic E-state index is -0.240. The highest BCUT2D eigenvalue weighted by atomic mass is 35.5. The van der Waals surface area contributed by atoms with Crippen LogP contribution in [0, 0.1) is 11.7 Å². The van der Waals surface area contributed by atoms with Crippen LogP contribution in [0.25, 0.3) is 11.0 Å². The van der Waals surface area contributed by atoms with Crippen LogP contribution in [0.1, 0.15) is 37.1 Å². The molecule has 4 N–H and O–H groups in total. The van der Waals surface area contributed by atoms with Crippen LogP contribution in [0.15, 0.2) is 42.5 Å². The number of hydrogen-bond donors (Lipinski definition) is 3. The van der Waals surface area contributed by atoms with Gasteiger partial charge in [0.25, 0.3) is 0 Å². The Bertz CT molecular complexity index is 978. The van der Waals surface area contributed by atoms with Crippen molar-refractivity contribution in [1.82, 2.24) is 9.97 Å². The van der Waals surface area contributed by atoms with Crippen molar-refractivity contribution in [3.8, 4) is 0 Å². The first kappa shape index (κ1) is 23.1. The molecule has 2 aromatic carbocycles. The molecule has 0 unspecified atom stereocenters. The predicted octanol–water partition coefficient (Wildman–Crippen LogP) is 4.59. The number of imidazole rings is 1. The van der Waals surface area contributed by atoms with E-state index in [1.165, 1.54) is 6.07 Å². The van der Waals surface area contributed by atoms with Gasteiger partial charge < -0.3 is 16.0 Å². The maximum absolute atomic E-state index is 13.8. The van der Waals surface area contributed by atoms with E-state index in [0.717, 1.165) is 36.0 Å². The van der Waals surface area contributed by atoms with Gasteiger partial charge in [0, 0.05) is 24.6 Å². The normalized spacial score (nSPS) is 18.1. The third kappa shape index (κ3) is 5.47. The molecule has 4 rings (SSSR count). The average Bonchev–Trinajstić information content (AvgIpc) is 3.22. The SMILES string of the molecule is Cl.Cl.N[C@@H]1CCC[C@H]1CC(=O)Nc1ccc2nc(Cc3ccccc3F)[nH]c2c1. The van der Waals surface area contributed by atoms with Crippen LogP contribution in [0.4, 0.5) is 10.1 Å². The lowest BCUT2D eigenvalue weighted by Gasteiger charge is -2.14. The number of nitrogens with one attached hydrogen (secondary N) is 2. The van der Waals surface area contributed by atoms with E-state index in [0.29, 0.717) is 24.2 Å². The Balaban J connectivity index is 0.00000150. The molecule has 2 atom stereocenters. The molecule has 1 aliphatic rings. The number of amides is 1. The smallest absolute Gasteiger partial charge is 0.224 e. The third-order valence-electron chi connectivity index (χ3n) is 5.30. The van der Waals surface area contributed by atoms with Gasteiger partial charge in [-0.15, -0.1) is 24.8 Å². The van der Waals surface area contributed by atoms with Crippen LogP contribution in [0.3, 0.4) is 0 Å². The molecule has 1 heterocycles. The van der Waals surface area contributed by atoms with Crippen molar-refractivity contribution >= 4 is 47.4 Å². The van der Waals surface area contributed by atoms with Crippen molar-refractivity contribution in [3.63, 3.8) is 0 Å². The zero-order chi connectivity index (χ0) is 18.8. The van der Waals surface area contributed by atoms with Crippen LogP contribution in [-0.4, -0.2) is 21.9 Å². The fourth-order valence-corrected chi connectivity index (χ4v) is 3.82. The summed E-state index contributed by atoms with van der Waals surface area (Å²) in [7, 11) is 0. The molecule has 1 amide bonds. The highest BCUT2D eigenvalue weighted by molar-refractivity contribution is 5.93. The summed E-state index contributed by atoms with van der Waals surface area (Å²) in [5.41, 5.74) is 8.97. The first-order valence-corrected chi connectivity index (χ1v) is 9.36. The lowest BCUT2D eigenvalue weighted by Crippen LogP contribution is -2.28. The van der Waals surface area contributed by atoms with E-state index in [9.17, 15) is 9.18 Å². The van der Waals surface area contributed by atoms with E-state index < -0.39 is 0 Å². The molecule has 8 heteroatoms. The number of fused-ring (bicyclic) bond motifs is 1. The van der Waals surface area contributed by atoms with Gasteiger partial charge in [0.05, 0.1) is 11.0 Å². The van der Waals surface area contributed by atoms with Gasteiger partial charge in [-0.25, -0.2) is 9.37 Å². The molecule has 0 spiro atoms. The fraction of sp³-hybridized carbons (Fsp3) is 0.333. The van der Waals surface area contributed by atoms with E-state index in [1.54, 1.807) is 12.1 Å². The van der Waals surface area contributed by atoms with Gasteiger partial charge in [-0.05, 0) is 48.6 Å². The van der Waals surface area contributed by atoms with Gasteiger partial charge in [0.1, 0.15) is 11.6 Å². The molecule has 0 aliphatic heterocycles. The minimum absolute atomic E-state index is 0. The van der Waals surface area contributed by atoms with Gasteiger partial charge in [-0.1, -0.05) is 24.6 Å². The molecule has 3 aromatic rings. The van der Waals surface area contributed by atoms with E-state index in [2.05, 4.69) is 15.3 Å². The Morgan fingerprint density at radius 3 is 2.72 bits per heavy atom. The zero-order valence-electron chi connectivity index (χ0n) is 15.9. The maximum atomic E-state index is 13.8. The van der Waals surface area contributed by atoms with Crippen molar-refractivity contribution in [2.75, 3.05) is 5.32 Å². The van der Waals surface area contributed by atoms with Crippen molar-refractivity contribution < 1.29 is 9.18 Å². The molecule has 1 saturated carbocycles. The number of nitrogens with two attached hydrogens (primary N) is 1. The number of benzene rings is 2. The summed E-state index contributed by atoms with van der Waals surface area (Å²) >= 11 is 0. The maximum Gasteiger partial charge on any atom is 0.224 e. The molecule has 1 fully saturated rings. The van der Waals surface area contributed by atoms with E-state index in [-0.39, 0.29) is 48.5 Å². The van der Waals surface area contributed by atoms with Gasteiger partial charge in [0.2, 0.25) is 5.91 Å². The monoisotopic (exact) mass is 438 g/mol. The summed E-state index contributed by atoms with van der Waals surface area (Å²) in [5.74, 6) is 0.711. The number of aromatic amines is 1. The molecule has 0 radical (unpaired) electrons. The summed E-state index contributed by atoms with van der Waals surface area (Å²) in [6, 6.07) is 12.4. The molecule has 1 aliphatic carbocycles. The van der Waals surface area contributed by atoms with Crippen molar-refractivity contribution in [1.29, 1.82) is 0 Å². The Kier molecular flexibility index (Phi) is 8.02. The number of H-pyrrole nitrogens is 1. The highest BCUT2D eigenvalue weighted by Gasteiger charge is 2.26. The van der Waals surface area contributed by atoms with E-state index in [4.69, 9.17) is 5.73 Å². The quantitative estimate of drug-likeness (QED) is 0.544. The number of halogens is 3. The van der Waals surface area contributed by atoms with Crippen LogP contribution in [-0.2, 0) is 11.2 Å².